The molecule has 0 spiro atoms. The molecule has 20 heavy (non-hydrogen) atoms. The molecule has 0 aliphatic rings. The van der Waals surface area contributed by atoms with Crippen molar-refractivity contribution in [3.05, 3.63) is 47.9 Å². The molecule has 4 nitrogen and oxygen atoms in total. The van der Waals surface area contributed by atoms with Gasteiger partial charge in [-0.2, -0.15) is 0 Å². The molecule has 1 N–H and O–H groups in total. The van der Waals surface area contributed by atoms with E-state index >= 15 is 0 Å². The predicted octanol–water partition coefficient (Wildman–Crippen LogP) is 3.71. The lowest BCUT2D eigenvalue weighted by Crippen LogP contribution is -2.22. The molecule has 108 valence electrons. The Hall–Kier alpha value is -1.94. The van der Waals surface area contributed by atoms with Gasteiger partial charge in [-0.15, -0.1) is 0 Å². The van der Waals surface area contributed by atoms with Crippen LogP contribution in [0.15, 0.2) is 41.2 Å². The number of nitrogens with one attached hydrogen (secondary N) is 1. The Bertz CT molecular complexity index is 537. The monoisotopic (exact) mass is 275 g/mol. The maximum Gasteiger partial charge on any atom is 0.127 e. The normalized spacial score (nSPS) is 13.8. The van der Waals surface area contributed by atoms with E-state index in [1.807, 2.05) is 24.3 Å². The Labute approximate surface area is 119 Å². The highest BCUT2D eigenvalue weighted by molar-refractivity contribution is 5.42. The number of ether oxygens (including phenoxy) is 2. The lowest BCUT2D eigenvalue weighted by Gasteiger charge is -2.21. The third-order valence-electron chi connectivity index (χ3n) is 3.45. The van der Waals surface area contributed by atoms with E-state index in [0.717, 1.165) is 22.6 Å². The number of rotatable bonds is 6. The molecule has 0 amide bonds. The molecule has 0 saturated heterocycles. The summed E-state index contributed by atoms with van der Waals surface area (Å²) in [6, 6.07) is 8.19. The highest BCUT2D eigenvalue weighted by atomic mass is 16.5. The molecule has 0 aliphatic heterocycles. The average Bonchev–Trinajstić information content (AvgIpc) is 3.00. The maximum atomic E-state index is 5.44. The lowest BCUT2D eigenvalue weighted by atomic mass is 10.0. The van der Waals surface area contributed by atoms with E-state index in [-0.39, 0.29) is 12.1 Å². The molecule has 0 fully saturated rings. The summed E-state index contributed by atoms with van der Waals surface area (Å²) in [6.07, 6.45) is 3.45. The van der Waals surface area contributed by atoms with E-state index in [1.54, 1.807) is 26.7 Å². The van der Waals surface area contributed by atoms with Gasteiger partial charge in [0, 0.05) is 29.3 Å². The van der Waals surface area contributed by atoms with Gasteiger partial charge >= 0.3 is 0 Å². The molecule has 2 aromatic rings. The first-order valence-corrected chi connectivity index (χ1v) is 6.65. The maximum absolute atomic E-state index is 5.44. The quantitative estimate of drug-likeness (QED) is 0.872. The molecule has 4 heteroatoms. The SMILES string of the molecule is COc1ccc(C(C)NC(C)c2ccoc2)c(OC)c1. The fraction of sp³-hybridized carbons (Fsp3) is 0.375. The molecule has 1 aromatic heterocycles. The Morgan fingerprint density at radius 2 is 1.85 bits per heavy atom. The van der Waals surface area contributed by atoms with Crippen LogP contribution in [0.25, 0.3) is 0 Å². The number of hydrogen-bond acceptors (Lipinski definition) is 4. The van der Waals surface area contributed by atoms with E-state index in [4.69, 9.17) is 13.9 Å². The fourth-order valence-corrected chi connectivity index (χ4v) is 2.26. The zero-order valence-corrected chi connectivity index (χ0v) is 12.3. The Morgan fingerprint density at radius 1 is 1.05 bits per heavy atom. The molecule has 1 aromatic carbocycles. The molecule has 0 radical (unpaired) electrons. The lowest BCUT2D eigenvalue weighted by molar-refractivity contribution is 0.382. The van der Waals surface area contributed by atoms with E-state index < -0.39 is 0 Å². The molecule has 2 atom stereocenters. The summed E-state index contributed by atoms with van der Waals surface area (Å²) < 4.78 is 15.8. The second kappa shape index (κ2) is 6.48. The summed E-state index contributed by atoms with van der Waals surface area (Å²) in [5.74, 6) is 1.62. The van der Waals surface area contributed by atoms with Gasteiger partial charge in [0.2, 0.25) is 0 Å². The first-order chi connectivity index (χ1) is 9.65. The first-order valence-electron chi connectivity index (χ1n) is 6.65. The van der Waals surface area contributed by atoms with Gasteiger partial charge in [0.15, 0.2) is 0 Å². The standard InChI is InChI=1S/C16H21NO3/c1-11(13-7-8-20-10-13)17-12(2)15-6-5-14(18-3)9-16(15)19-4/h5-12,17H,1-4H3. The summed E-state index contributed by atoms with van der Waals surface area (Å²) in [6.45, 7) is 4.22. The minimum Gasteiger partial charge on any atom is -0.497 e. The van der Waals surface area contributed by atoms with Gasteiger partial charge in [0.1, 0.15) is 11.5 Å². The minimum absolute atomic E-state index is 0.153. The van der Waals surface area contributed by atoms with Gasteiger partial charge in [-0.3, -0.25) is 0 Å². The van der Waals surface area contributed by atoms with Gasteiger partial charge in [-0.1, -0.05) is 6.07 Å². The van der Waals surface area contributed by atoms with Crippen LogP contribution in [-0.4, -0.2) is 14.2 Å². The fourth-order valence-electron chi connectivity index (χ4n) is 2.26. The van der Waals surface area contributed by atoms with Crippen LogP contribution in [0.1, 0.15) is 37.1 Å². The topological polar surface area (TPSA) is 43.6 Å². The second-order valence-electron chi connectivity index (χ2n) is 4.77. The number of hydrogen-bond donors (Lipinski definition) is 1. The molecule has 1 heterocycles. The summed E-state index contributed by atoms with van der Waals surface area (Å²) in [5.41, 5.74) is 2.23. The van der Waals surface area contributed by atoms with E-state index in [2.05, 4.69) is 19.2 Å². The summed E-state index contributed by atoms with van der Waals surface area (Å²) in [7, 11) is 3.32. The van der Waals surface area contributed by atoms with Crippen molar-refractivity contribution in [3.63, 3.8) is 0 Å². The zero-order valence-electron chi connectivity index (χ0n) is 12.3. The van der Waals surface area contributed by atoms with E-state index in [1.165, 1.54) is 0 Å². The highest BCUT2D eigenvalue weighted by Gasteiger charge is 2.16. The van der Waals surface area contributed by atoms with Crippen molar-refractivity contribution in [1.82, 2.24) is 5.32 Å². The van der Waals surface area contributed by atoms with E-state index in [9.17, 15) is 0 Å². The molecule has 2 rings (SSSR count). The summed E-state index contributed by atoms with van der Waals surface area (Å²) in [4.78, 5) is 0. The second-order valence-corrected chi connectivity index (χ2v) is 4.77. The number of methoxy groups -OCH3 is 2. The number of benzene rings is 1. The van der Waals surface area contributed by atoms with Crippen molar-refractivity contribution in [2.75, 3.05) is 14.2 Å². The van der Waals surface area contributed by atoms with Gasteiger partial charge in [0.25, 0.3) is 0 Å². The third-order valence-corrected chi connectivity index (χ3v) is 3.45. The summed E-state index contributed by atoms with van der Waals surface area (Å²) >= 11 is 0. The van der Waals surface area contributed by atoms with E-state index in [0.29, 0.717) is 0 Å². The molecule has 0 aliphatic carbocycles. The Morgan fingerprint density at radius 3 is 2.45 bits per heavy atom. The van der Waals surface area contributed by atoms with Crippen LogP contribution in [0, 0.1) is 0 Å². The smallest absolute Gasteiger partial charge is 0.127 e. The average molecular weight is 275 g/mol. The molecular formula is C16H21NO3. The van der Waals surface area contributed by atoms with Crippen LogP contribution in [0.3, 0.4) is 0 Å². The van der Waals surface area contributed by atoms with Gasteiger partial charge in [-0.05, 0) is 26.0 Å². The van der Waals surface area contributed by atoms with Crippen LogP contribution >= 0.6 is 0 Å². The van der Waals surface area contributed by atoms with Crippen LogP contribution < -0.4 is 14.8 Å². The third kappa shape index (κ3) is 3.14. The largest absolute Gasteiger partial charge is 0.497 e. The van der Waals surface area contributed by atoms with Gasteiger partial charge < -0.3 is 19.2 Å². The van der Waals surface area contributed by atoms with Crippen molar-refractivity contribution in [2.24, 2.45) is 0 Å². The van der Waals surface area contributed by atoms with Crippen LogP contribution in [0.4, 0.5) is 0 Å². The predicted molar refractivity (Wildman–Crippen MR) is 78.2 cm³/mol. The van der Waals surface area contributed by atoms with Crippen LogP contribution in [-0.2, 0) is 0 Å². The first kappa shape index (κ1) is 14.5. The van der Waals surface area contributed by atoms with Gasteiger partial charge in [0.05, 0.1) is 26.7 Å². The molecular weight excluding hydrogens is 254 g/mol. The Balaban J connectivity index is 2.14. The van der Waals surface area contributed by atoms with Crippen molar-refractivity contribution in [2.45, 2.75) is 25.9 Å². The van der Waals surface area contributed by atoms with Crippen molar-refractivity contribution >= 4 is 0 Å². The summed E-state index contributed by atoms with van der Waals surface area (Å²) in [5, 5.41) is 3.53. The molecule has 0 bridgehead atoms. The zero-order chi connectivity index (χ0) is 14.5. The van der Waals surface area contributed by atoms with Crippen molar-refractivity contribution in [1.29, 1.82) is 0 Å². The van der Waals surface area contributed by atoms with Gasteiger partial charge in [-0.25, -0.2) is 0 Å². The van der Waals surface area contributed by atoms with Crippen molar-refractivity contribution < 1.29 is 13.9 Å². The number of furan rings is 1. The van der Waals surface area contributed by atoms with Crippen molar-refractivity contribution in [3.8, 4) is 11.5 Å². The minimum atomic E-state index is 0.153. The Kier molecular flexibility index (Phi) is 4.69. The van der Waals surface area contributed by atoms with Crippen LogP contribution in [0.5, 0.6) is 11.5 Å². The highest BCUT2D eigenvalue weighted by Crippen LogP contribution is 2.30. The van der Waals surface area contributed by atoms with Crippen LogP contribution in [0.2, 0.25) is 0 Å². The molecule has 2 unspecified atom stereocenters. The molecule has 0 saturated carbocycles.